The Morgan fingerprint density at radius 1 is 1.15 bits per heavy atom. The number of fused-ring (bicyclic) bond motifs is 1. The van der Waals surface area contributed by atoms with Gasteiger partial charge in [0.1, 0.15) is 5.82 Å². The molecule has 1 nitrogen and oxygen atoms in total. The summed E-state index contributed by atoms with van der Waals surface area (Å²) in [5.41, 5.74) is 6.31. The highest BCUT2D eigenvalue weighted by molar-refractivity contribution is 5.92. The number of rotatable bonds is 2. The zero-order valence-electron chi connectivity index (χ0n) is 12.2. The van der Waals surface area contributed by atoms with E-state index in [1.807, 2.05) is 20.8 Å². The van der Waals surface area contributed by atoms with Gasteiger partial charge in [-0.3, -0.25) is 0 Å². The highest BCUT2D eigenvalue weighted by Gasteiger charge is 2.31. The van der Waals surface area contributed by atoms with Crippen molar-refractivity contribution in [3.8, 4) is 0 Å². The van der Waals surface area contributed by atoms with Crippen LogP contribution >= 0.6 is 0 Å². The molecule has 0 amide bonds. The zero-order chi connectivity index (χ0) is 15.5. The third-order valence-electron chi connectivity index (χ3n) is 2.99. The number of hydrogen-bond donors (Lipinski definition) is 1. The lowest BCUT2D eigenvalue weighted by molar-refractivity contribution is 0.0154. The van der Waals surface area contributed by atoms with Gasteiger partial charge in [0.25, 0.3) is 5.92 Å². The lowest BCUT2D eigenvalue weighted by Crippen LogP contribution is -2.12. The Hall–Kier alpha value is -1.71. The number of alkyl halides is 2. The zero-order valence-corrected chi connectivity index (χ0v) is 12.2. The Morgan fingerprint density at radius 2 is 1.75 bits per heavy atom. The quantitative estimate of drug-likeness (QED) is 0.747. The SMILES string of the molecule is CC.CCc1cc(N)cc2ccc(F)c(C(C)(F)F)c12. The van der Waals surface area contributed by atoms with Gasteiger partial charge in [0.15, 0.2) is 0 Å². The summed E-state index contributed by atoms with van der Waals surface area (Å²) in [5, 5.41) is 0.823. The fourth-order valence-electron chi connectivity index (χ4n) is 2.26. The first-order valence-electron chi connectivity index (χ1n) is 6.73. The predicted molar refractivity (Wildman–Crippen MR) is 78.6 cm³/mol. The Bertz CT molecular complexity index is 601. The lowest BCUT2D eigenvalue weighted by Gasteiger charge is -2.17. The molecule has 2 aromatic carbocycles. The van der Waals surface area contributed by atoms with Crippen LogP contribution in [0.15, 0.2) is 24.3 Å². The summed E-state index contributed by atoms with van der Waals surface area (Å²) in [6.07, 6.45) is 0.522. The van der Waals surface area contributed by atoms with Gasteiger partial charge < -0.3 is 5.73 Å². The van der Waals surface area contributed by atoms with E-state index in [0.717, 1.165) is 6.07 Å². The van der Waals surface area contributed by atoms with E-state index in [0.29, 0.717) is 30.0 Å². The molecule has 20 heavy (non-hydrogen) atoms. The molecular weight excluding hydrogens is 263 g/mol. The molecule has 2 N–H and O–H groups in total. The monoisotopic (exact) mass is 283 g/mol. The van der Waals surface area contributed by atoms with Crippen molar-refractivity contribution in [1.82, 2.24) is 0 Å². The Balaban J connectivity index is 0.000000956. The van der Waals surface area contributed by atoms with Gasteiger partial charge in [-0.25, -0.2) is 13.2 Å². The van der Waals surface area contributed by atoms with Crippen molar-refractivity contribution in [2.24, 2.45) is 0 Å². The minimum absolute atomic E-state index is 0.277. The first-order chi connectivity index (χ1) is 9.34. The molecule has 0 bridgehead atoms. The van der Waals surface area contributed by atoms with E-state index >= 15 is 0 Å². The lowest BCUT2D eigenvalue weighted by atomic mass is 9.94. The van der Waals surface area contributed by atoms with E-state index in [9.17, 15) is 13.2 Å². The summed E-state index contributed by atoms with van der Waals surface area (Å²) in [7, 11) is 0. The van der Waals surface area contributed by atoms with Crippen molar-refractivity contribution in [3.63, 3.8) is 0 Å². The standard InChI is InChI=1S/C14H14F3N.C2H6/c1-3-8-6-10(18)7-9-4-5-11(15)13(12(8)9)14(2,16)17;1-2/h4-7H,3,18H2,1-2H3;1-2H3. The fourth-order valence-corrected chi connectivity index (χ4v) is 2.26. The van der Waals surface area contributed by atoms with Crippen molar-refractivity contribution in [2.45, 2.75) is 40.0 Å². The van der Waals surface area contributed by atoms with E-state index in [2.05, 4.69) is 0 Å². The maximum Gasteiger partial charge on any atom is 0.273 e. The van der Waals surface area contributed by atoms with E-state index in [1.165, 1.54) is 6.07 Å². The van der Waals surface area contributed by atoms with Crippen LogP contribution in [-0.4, -0.2) is 0 Å². The fraction of sp³-hybridized carbons (Fsp3) is 0.375. The van der Waals surface area contributed by atoms with Gasteiger partial charge in [0, 0.05) is 12.6 Å². The van der Waals surface area contributed by atoms with Crippen molar-refractivity contribution in [3.05, 3.63) is 41.2 Å². The molecule has 0 radical (unpaired) electrons. The van der Waals surface area contributed by atoms with Crippen LogP contribution in [0.2, 0.25) is 0 Å². The second kappa shape index (κ2) is 6.16. The first kappa shape index (κ1) is 16.3. The van der Waals surface area contributed by atoms with Gasteiger partial charge >= 0.3 is 0 Å². The largest absolute Gasteiger partial charge is 0.399 e. The summed E-state index contributed by atoms with van der Waals surface area (Å²) in [5.74, 6) is -4.10. The van der Waals surface area contributed by atoms with E-state index in [-0.39, 0.29) is 5.39 Å². The number of aryl methyl sites for hydroxylation is 1. The molecule has 0 atom stereocenters. The van der Waals surface area contributed by atoms with Crippen LogP contribution in [-0.2, 0) is 12.3 Å². The van der Waals surface area contributed by atoms with Gasteiger partial charge in [0.2, 0.25) is 0 Å². The molecule has 0 saturated heterocycles. The maximum absolute atomic E-state index is 13.7. The van der Waals surface area contributed by atoms with Crippen molar-refractivity contribution >= 4 is 16.5 Å². The molecule has 0 fully saturated rings. The van der Waals surface area contributed by atoms with E-state index in [1.54, 1.807) is 12.1 Å². The van der Waals surface area contributed by atoms with Crippen molar-refractivity contribution in [1.29, 1.82) is 0 Å². The average molecular weight is 283 g/mol. The van der Waals surface area contributed by atoms with Gasteiger partial charge in [0.05, 0.1) is 5.56 Å². The third kappa shape index (κ3) is 3.06. The van der Waals surface area contributed by atoms with Crippen LogP contribution in [0.3, 0.4) is 0 Å². The number of halogens is 3. The molecule has 4 heteroatoms. The van der Waals surface area contributed by atoms with Gasteiger partial charge in [-0.05, 0) is 41.0 Å². The molecule has 110 valence electrons. The maximum atomic E-state index is 13.7. The molecule has 0 spiro atoms. The number of anilines is 1. The second-order valence-electron chi connectivity index (χ2n) is 4.44. The molecule has 0 aliphatic carbocycles. The molecule has 0 aliphatic heterocycles. The van der Waals surface area contributed by atoms with Crippen molar-refractivity contribution < 1.29 is 13.2 Å². The van der Waals surface area contributed by atoms with Gasteiger partial charge in [-0.2, -0.15) is 0 Å². The topological polar surface area (TPSA) is 26.0 Å². The summed E-state index contributed by atoms with van der Waals surface area (Å²) in [6.45, 7) is 6.54. The van der Waals surface area contributed by atoms with Crippen LogP contribution in [0.5, 0.6) is 0 Å². The highest BCUT2D eigenvalue weighted by atomic mass is 19.3. The molecule has 0 aromatic heterocycles. The molecule has 2 rings (SSSR count). The van der Waals surface area contributed by atoms with Gasteiger partial charge in [-0.1, -0.05) is 26.8 Å². The number of benzene rings is 2. The number of nitrogen functional groups attached to an aromatic ring is 1. The molecule has 2 aromatic rings. The Labute approximate surface area is 117 Å². The smallest absolute Gasteiger partial charge is 0.273 e. The predicted octanol–water partition coefficient (Wildman–Crippen LogP) is 5.26. The summed E-state index contributed by atoms with van der Waals surface area (Å²) < 4.78 is 40.9. The number of hydrogen-bond acceptors (Lipinski definition) is 1. The van der Waals surface area contributed by atoms with Crippen LogP contribution in [0.4, 0.5) is 18.9 Å². The molecule has 0 aliphatic rings. The van der Waals surface area contributed by atoms with Crippen LogP contribution in [0.1, 0.15) is 38.8 Å². The van der Waals surface area contributed by atoms with Crippen LogP contribution in [0, 0.1) is 5.82 Å². The average Bonchev–Trinajstić information content (AvgIpc) is 2.39. The third-order valence-corrected chi connectivity index (χ3v) is 2.99. The van der Waals surface area contributed by atoms with E-state index < -0.39 is 17.3 Å². The molecular formula is C16H20F3N. The minimum atomic E-state index is -3.22. The van der Waals surface area contributed by atoms with Crippen LogP contribution < -0.4 is 5.73 Å². The minimum Gasteiger partial charge on any atom is -0.399 e. The highest BCUT2D eigenvalue weighted by Crippen LogP contribution is 2.37. The summed E-state index contributed by atoms with van der Waals surface area (Å²) >= 11 is 0. The normalized spacial score (nSPS) is 11.2. The molecule has 0 saturated carbocycles. The van der Waals surface area contributed by atoms with E-state index in [4.69, 9.17) is 5.73 Å². The Morgan fingerprint density at radius 3 is 2.25 bits per heavy atom. The molecule has 0 heterocycles. The number of nitrogens with two attached hydrogens (primary N) is 1. The van der Waals surface area contributed by atoms with Crippen molar-refractivity contribution in [2.75, 3.05) is 5.73 Å². The molecule has 0 unspecified atom stereocenters. The van der Waals surface area contributed by atoms with Gasteiger partial charge in [-0.15, -0.1) is 0 Å². The Kier molecular flexibility index (Phi) is 5.03. The van der Waals surface area contributed by atoms with Crippen LogP contribution in [0.25, 0.3) is 10.8 Å². The summed E-state index contributed by atoms with van der Waals surface area (Å²) in [6, 6.07) is 5.75. The summed E-state index contributed by atoms with van der Waals surface area (Å²) in [4.78, 5) is 0. The first-order valence-corrected chi connectivity index (χ1v) is 6.73. The second-order valence-corrected chi connectivity index (χ2v) is 4.44.